The number of allylic oxidation sites excluding steroid dienone is 2. The molecule has 2 heterocycles. The van der Waals surface area contributed by atoms with Crippen molar-refractivity contribution in [3.05, 3.63) is 48.0 Å². The maximum absolute atomic E-state index is 12.3. The molecule has 2 aliphatic rings. The Morgan fingerprint density at radius 3 is 2.63 bits per heavy atom. The predicted molar refractivity (Wildman–Crippen MR) is 114 cm³/mol. The fraction of sp³-hybridized carbons (Fsp3) is 0.565. The number of fused-ring (bicyclic) bond motifs is 2. The summed E-state index contributed by atoms with van der Waals surface area (Å²) in [5.41, 5.74) is 12.9. The van der Waals surface area contributed by atoms with Gasteiger partial charge in [-0.1, -0.05) is 42.5 Å². The van der Waals surface area contributed by atoms with E-state index in [2.05, 4.69) is 23.0 Å². The third kappa shape index (κ3) is 6.39. The Kier molecular flexibility index (Phi) is 8.42. The fourth-order valence-electron chi connectivity index (χ4n) is 4.53. The summed E-state index contributed by atoms with van der Waals surface area (Å²) < 4.78 is 6.10. The van der Waals surface area contributed by atoms with Crippen LogP contribution in [0, 0.1) is 11.8 Å². The van der Waals surface area contributed by atoms with Crippen LogP contribution in [-0.4, -0.2) is 41.8 Å². The molecule has 5 N–H and O–H groups in total. The molecule has 1 aromatic rings. The van der Waals surface area contributed by atoms with E-state index < -0.39 is 12.0 Å². The number of amides is 1. The van der Waals surface area contributed by atoms with Gasteiger partial charge in [-0.15, -0.1) is 0 Å². The van der Waals surface area contributed by atoms with E-state index in [9.17, 15) is 9.59 Å². The first-order chi connectivity index (χ1) is 14.5. The zero-order valence-corrected chi connectivity index (χ0v) is 17.3. The molecule has 0 unspecified atom stereocenters. The number of benzene rings is 1. The van der Waals surface area contributed by atoms with Crippen molar-refractivity contribution >= 4 is 11.9 Å². The molecule has 1 aromatic carbocycles. The molecular weight excluding hydrogens is 382 g/mol. The molecule has 2 aliphatic heterocycles. The number of nitrogens with one attached hydrogen (secondary N) is 2. The van der Waals surface area contributed by atoms with E-state index in [1.54, 1.807) is 0 Å². The van der Waals surface area contributed by atoms with Crippen LogP contribution in [0.4, 0.5) is 0 Å². The van der Waals surface area contributed by atoms with Crippen LogP contribution in [0.1, 0.15) is 44.1 Å². The van der Waals surface area contributed by atoms with Crippen molar-refractivity contribution in [3.63, 3.8) is 0 Å². The molecule has 30 heavy (non-hydrogen) atoms. The van der Waals surface area contributed by atoms with Gasteiger partial charge in [-0.05, 0) is 50.0 Å². The van der Waals surface area contributed by atoms with Crippen LogP contribution in [0.15, 0.2) is 42.5 Å². The monoisotopic (exact) mass is 415 g/mol. The van der Waals surface area contributed by atoms with Crippen molar-refractivity contribution in [2.45, 2.75) is 63.2 Å². The summed E-state index contributed by atoms with van der Waals surface area (Å²) in [5, 5.41) is 8.69. The highest BCUT2D eigenvalue weighted by Gasteiger charge is 2.47. The second-order valence-electron chi connectivity index (χ2n) is 8.28. The van der Waals surface area contributed by atoms with Crippen molar-refractivity contribution in [2.75, 3.05) is 6.54 Å². The maximum atomic E-state index is 12.3. The predicted octanol–water partition coefficient (Wildman–Crippen LogP) is 2.17. The third-order valence-corrected chi connectivity index (χ3v) is 6.11. The average molecular weight is 416 g/mol. The maximum Gasteiger partial charge on any atom is 0.303 e. The van der Waals surface area contributed by atoms with Gasteiger partial charge in [0.15, 0.2) is 0 Å². The van der Waals surface area contributed by atoms with E-state index in [0.29, 0.717) is 31.2 Å². The van der Waals surface area contributed by atoms with Gasteiger partial charge in [0.25, 0.3) is 5.91 Å². The Labute approximate surface area is 178 Å². The number of rotatable bonds is 12. The van der Waals surface area contributed by atoms with Gasteiger partial charge in [0, 0.05) is 18.9 Å². The number of aliphatic carboxylic acids is 1. The number of hydrogen-bond donors (Lipinski definition) is 4. The quantitative estimate of drug-likeness (QED) is 0.236. The van der Waals surface area contributed by atoms with Crippen LogP contribution in [0.3, 0.4) is 0 Å². The normalized spacial score (nSPS) is 26.2. The summed E-state index contributed by atoms with van der Waals surface area (Å²) in [6, 6.07) is 9.15. The molecule has 0 aliphatic carbocycles. The fourth-order valence-corrected chi connectivity index (χ4v) is 4.53. The standard InChI is InChI=1S/C23H33N3O4/c24-19(14-16-8-4-3-5-9-16)23(29)26-25-15-18-17(20-12-13-21(18)30-20)10-6-1-2-7-11-22(27)28/h1,3-6,8-9,17-21,25H,2,7,10-15,24H2,(H,26,29)(H,27,28)/t17-,18-,19+,20-,21+/m1/s1. The summed E-state index contributed by atoms with van der Waals surface area (Å²) in [4.78, 5) is 22.9. The van der Waals surface area contributed by atoms with Crippen molar-refractivity contribution in [1.29, 1.82) is 0 Å². The molecule has 7 heteroatoms. The lowest BCUT2D eigenvalue weighted by Gasteiger charge is -2.27. The van der Waals surface area contributed by atoms with Crippen LogP contribution in [0.5, 0.6) is 0 Å². The van der Waals surface area contributed by atoms with Gasteiger partial charge in [0.2, 0.25) is 0 Å². The molecule has 2 fully saturated rings. The molecule has 164 valence electrons. The zero-order valence-electron chi connectivity index (χ0n) is 17.3. The second-order valence-corrected chi connectivity index (χ2v) is 8.28. The lowest BCUT2D eigenvalue weighted by molar-refractivity contribution is -0.137. The highest BCUT2D eigenvalue weighted by molar-refractivity contribution is 5.81. The summed E-state index contributed by atoms with van der Waals surface area (Å²) >= 11 is 0. The van der Waals surface area contributed by atoms with Gasteiger partial charge in [-0.3, -0.25) is 15.0 Å². The van der Waals surface area contributed by atoms with Crippen LogP contribution >= 0.6 is 0 Å². The third-order valence-electron chi connectivity index (χ3n) is 6.11. The smallest absolute Gasteiger partial charge is 0.303 e. The number of carbonyl (C=O) groups is 2. The first-order valence-corrected chi connectivity index (χ1v) is 10.9. The molecule has 3 rings (SSSR count). The van der Waals surface area contributed by atoms with Gasteiger partial charge in [0.05, 0.1) is 18.2 Å². The molecule has 0 saturated carbocycles. The molecule has 0 spiro atoms. The van der Waals surface area contributed by atoms with E-state index in [4.69, 9.17) is 15.6 Å². The Bertz CT molecular complexity index is 724. The molecule has 2 saturated heterocycles. The molecule has 1 amide bonds. The minimum Gasteiger partial charge on any atom is -0.481 e. The highest BCUT2D eigenvalue weighted by Crippen LogP contribution is 2.44. The van der Waals surface area contributed by atoms with Crippen LogP contribution < -0.4 is 16.6 Å². The number of nitrogens with two attached hydrogens (primary N) is 1. The lowest BCUT2D eigenvalue weighted by atomic mass is 9.77. The van der Waals surface area contributed by atoms with Gasteiger partial charge < -0.3 is 15.6 Å². The number of unbranched alkanes of at least 4 members (excludes halogenated alkanes) is 1. The van der Waals surface area contributed by atoms with Crippen LogP contribution in [0.2, 0.25) is 0 Å². The van der Waals surface area contributed by atoms with E-state index in [0.717, 1.165) is 31.2 Å². The number of ether oxygens (including phenoxy) is 1. The van der Waals surface area contributed by atoms with Crippen molar-refractivity contribution in [3.8, 4) is 0 Å². The van der Waals surface area contributed by atoms with Gasteiger partial charge >= 0.3 is 5.97 Å². The minimum atomic E-state index is -0.749. The van der Waals surface area contributed by atoms with Crippen LogP contribution in [0.25, 0.3) is 0 Å². The Balaban J connectivity index is 1.40. The Morgan fingerprint density at radius 2 is 1.90 bits per heavy atom. The first-order valence-electron chi connectivity index (χ1n) is 10.9. The van der Waals surface area contributed by atoms with Crippen molar-refractivity contribution < 1.29 is 19.4 Å². The highest BCUT2D eigenvalue weighted by atomic mass is 16.5. The summed E-state index contributed by atoms with van der Waals surface area (Å²) in [5.74, 6) is -0.195. The van der Waals surface area contributed by atoms with Gasteiger partial charge in [-0.25, -0.2) is 5.43 Å². The minimum absolute atomic E-state index is 0.209. The number of hydrazine groups is 1. The molecule has 0 radical (unpaired) electrons. The molecule has 7 nitrogen and oxygen atoms in total. The largest absolute Gasteiger partial charge is 0.481 e. The lowest BCUT2D eigenvalue weighted by Crippen LogP contribution is -2.50. The van der Waals surface area contributed by atoms with Gasteiger partial charge in [-0.2, -0.15) is 0 Å². The van der Waals surface area contributed by atoms with Crippen molar-refractivity contribution in [1.82, 2.24) is 10.9 Å². The first kappa shape index (κ1) is 22.5. The molecule has 0 aromatic heterocycles. The molecular formula is C23H33N3O4. The van der Waals surface area contributed by atoms with E-state index in [1.807, 2.05) is 30.3 Å². The van der Waals surface area contributed by atoms with Crippen LogP contribution in [-0.2, 0) is 20.7 Å². The molecule has 2 bridgehead atoms. The number of carbonyl (C=O) groups excluding carboxylic acids is 1. The zero-order chi connectivity index (χ0) is 21.3. The number of hydrogen-bond acceptors (Lipinski definition) is 5. The number of carboxylic acid groups (broad SMARTS) is 1. The molecule has 5 atom stereocenters. The summed E-state index contributed by atoms with van der Waals surface area (Å²) in [7, 11) is 0. The van der Waals surface area contributed by atoms with E-state index in [1.165, 1.54) is 0 Å². The van der Waals surface area contributed by atoms with E-state index >= 15 is 0 Å². The summed E-state index contributed by atoms with van der Waals surface area (Å²) in [6.45, 7) is 0.655. The number of carboxylic acids is 1. The summed E-state index contributed by atoms with van der Waals surface area (Å²) in [6.07, 6.45) is 9.98. The Hall–Kier alpha value is -2.22. The Morgan fingerprint density at radius 1 is 1.17 bits per heavy atom. The van der Waals surface area contributed by atoms with E-state index in [-0.39, 0.29) is 24.5 Å². The van der Waals surface area contributed by atoms with Gasteiger partial charge in [0.1, 0.15) is 0 Å². The van der Waals surface area contributed by atoms with Crippen molar-refractivity contribution in [2.24, 2.45) is 17.6 Å². The average Bonchev–Trinajstić information content (AvgIpc) is 3.33. The SMILES string of the molecule is N[C@@H](Cc1ccccc1)C(=O)NNC[C@@H]1[C@@H](CC=CCCCC(=O)O)[C@H]2CC[C@@H]1O2. The second kappa shape index (κ2) is 11.2. The topological polar surface area (TPSA) is 114 Å².